The molecule has 0 bridgehead atoms. The van der Waals surface area contributed by atoms with Gasteiger partial charge in [-0.2, -0.15) is 0 Å². The summed E-state index contributed by atoms with van der Waals surface area (Å²) in [6, 6.07) is 9.53. The summed E-state index contributed by atoms with van der Waals surface area (Å²) in [5.41, 5.74) is 0.784. The number of benzene rings is 2. The Kier molecular flexibility index (Phi) is 6.83. The van der Waals surface area contributed by atoms with Crippen LogP contribution < -0.4 is 5.56 Å². The molecule has 1 amide bonds. The highest BCUT2D eigenvalue weighted by atomic mass is 19.2. The van der Waals surface area contributed by atoms with Gasteiger partial charge in [0.05, 0.1) is 0 Å². The summed E-state index contributed by atoms with van der Waals surface area (Å²) < 4.78 is 39.5. The molecule has 33 heavy (non-hydrogen) atoms. The van der Waals surface area contributed by atoms with E-state index in [1.165, 1.54) is 18.2 Å². The van der Waals surface area contributed by atoms with Gasteiger partial charge in [0.15, 0.2) is 17.5 Å². The molecule has 1 aliphatic heterocycles. The van der Waals surface area contributed by atoms with Gasteiger partial charge in [-0.3, -0.25) is 14.5 Å². The average Bonchev–Trinajstić information content (AvgIpc) is 2.82. The second-order valence-corrected chi connectivity index (χ2v) is 7.86. The van der Waals surface area contributed by atoms with Crippen molar-refractivity contribution in [1.82, 2.24) is 25.0 Å². The Morgan fingerprint density at radius 2 is 1.67 bits per heavy atom. The molecule has 7 nitrogen and oxygen atoms in total. The van der Waals surface area contributed by atoms with E-state index in [9.17, 15) is 22.8 Å². The molecule has 0 radical (unpaired) electrons. The Morgan fingerprint density at radius 1 is 0.939 bits per heavy atom. The number of aromatic amines is 1. The molecule has 1 N–H and O–H groups in total. The Hall–Kier alpha value is -3.53. The average molecular weight is 457 g/mol. The standard InChI is InChI=1S/C23H22F3N5O2/c24-17-4-1-15(2-5-17)14-30-9-11-31(12-10-30)21(32)8-7-20-23(33)27-22(29-28-20)16-3-6-18(25)19(26)13-16/h1-6,13H,7-12,14H2,(H,27,29,33). The molecule has 2 aromatic carbocycles. The zero-order valence-corrected chi connectivity index (χ0v) is 17.7. The van der Waals surface area contributed by atoms with Crippen LogP contribution >= 0.6 is 0 Å². The topological polar surface area (TPSA) is 82.2 Å². The van der Waals surface area contributed by atoms with Crippen molar-refractivity contribution in [2.45, 2.75) is 19.4 Å². The van der Waals surface area contributed by atoms with Gasteiger partial charge >= 0.3 is 0 Å². The number of hydrogen-bond donors (Lipinski definition) is 1. The number of hydrogen-bond acceptors (Lipinski definition) is 5. The normalized spacial score (nSPS) is 14.5. The number of amides is 1. The van der Waals surface area contributed by atoms with Gasteiger partial charge in [-0.25, -0.2) is 13.2 Å². The van der Waals surface area contributed by atoms with Crippen molar-refractivity contribution in [2.75, 3.05) is 26.2 Å². The van der Waals surface area contributed by atoms with Crippen LogP contribution in [-0.2, 0) is 17.8 Å². The van der Waals surface area contributed by atoms with Crippen LogP contribution in [0.5, 0.6) is 0 Å². The lowest BCUT2D eigenvalue weighted by Crippen LogP contribution is -2.48. The molecule has 3 aromatic rings. The summed E-state index contributed by atoms with van der Waals surface area (Å²) in [6.45, 7) is 3.23. The van der Waals surface area contributed by atoms with E-state index in [1.54, 1.807) is 17.0 Å². The van der Waals surface area contributed by atoms with Crippen molar-refractivity contribution in [2.24, 2.45) is 0 Å². The Balaban J connectivity index is 1.28. The Morgan fingerprint density at radius 3 is 2.33 bits per heavy atom. The molecule has 1 fully saturated rings. The largest absolute Gasteiger partial charge is 0.340 e. The minimum atomic E-state index is -1.05. The number of aromatic nitrogens is 3. The monoisotopic (exact) mass is 457 g/mol. The third kappa shape index (κ3) is 5.64. The van der Waals surface area contributed by atoms with Crippen LogP contribution in [0.15, 0.2) is 47.3 Å². The van der Waals surface area contributed by atoms with E-state index in [0.29, 0.717) is 32.7 Å². The first-order valence-electron chi connectivity index (χ1n) is 10.5. The first-order valence-corrected chi connectivity index (χ1v) is 10.5. The molecule has 2 heterocycles. The molecule has 1 saturated heterocycles. The van der Waals surface area contributed by atoms with E-state index in [2.05, 4.69) is 20.1 Å². The van der Waals surface area contributed by atoms with Gasteiger partial charge in [0, 0.05) is 51.1 Å². The highest BCUT2D eigenvalue weighted by Crippen LogP contribution is 2.16. The number of halogens is 3. The number of piperazine rings is 1. The van der Waals surface area contributed by atoms with Crippen molar-refractivity contribution in [3.63, 3.8) is 0 Å². The Labute approximate surface area is 187 Å². The zero-order valence-electron chi connectivity index (χ0n) is 17.7. The molecular weight excluding hydrogens is 435 g/mol. The molecule has 4 rings (SSSR count). The fourth-order valence-corrected chi connectivity index (χ4v) is 3.68. The van der Waals surface area contributed by atoms with Gasteiger partial charge in [0.1, 0.15) is 11.5 Å². The highest BCUT2D eigenvalue weighted by molar-refractivity contribution is 5.76. The van der Waals surface area contributed by atoms with Crippen molar-refractivity contribution in [3.05, 3.63) is 81.5 Å². The van der Waals surface area contributed by atoms with Gasteiger partial charge in [0.2, 0.25) is 5.91 Å². The van der Waals surface area contributed by atoms with Crippen LogP contribution in [-0.4, -0.2) is 57.1 Å². The fraction of sp³-hybridized carbons (Fsp3) is 0.304. The summed E-state index contributed by atoms with van der Waals surface area (Å²) >= 11 is 0. The lowest BCUT2D eigenvalue weighted by Gasteiger charge is -2.34. The first-order chi connectivity index (χ1) is 15.9. The molecule has 0 spiro atoms. The van der Waals surface area contributed by atoms with Crippen LogP contribution in [0.2, 0.25) is 0 Å². The molecule has 1 aromatic heterocycles. The minimum Gasteiger partial charge on any atom is -0.340 e. The third-order valence-corrected chi connectivity index (χ3v) is 5.58. The van der Waals surface area contributed by atoms with Crippen molar-refractivity contribution < 1.29 is 18.0 Å². The third-order valence-electron chi connectivity index (χ3n) is 5.58. The van der Waals surface area contributed by atoms with Gasteiger partial charge in [0.25, 0.3) is 5.56 Å². The van der Waals surface area contributed by atoms with Gasteiger partial charge in [-0.15, -0.1) is 10.2 Å². The number of nitrogens with one attached hydrogen (secondary N) is 1. The lowest BCUT2D eigenvalue weighted by molar-refractivity contribution is -0.133. The second kappa shape index (κ2) is 9.95. The molecule has 1 aliphatic rings. The number of aryl methyl sites for hydroxylation is 1. The smallest absolute Gasteiger partial charge is 0.273 e. The lowest BCUT2D eigenvalue weighted by atomic mass is 10.1. The summed E-state index contributed by atoms with van der Waals surface area (Å²) in [4.78, 5) is 31.3. The number of carbonyl (C=O) groups is 1. The maximum Gasteiger partial charge on any atom is 0.273 e. The van der Waals surface area contributed by atoms with Crippen molar-refractivity contribution in [1.29, 1.82) is 0 Å². The van der Waals surface area contributed by atoms with E-state index in [4.69, 9.17) is 0 Å². The van der Waals surface area contributed by atoms with E-state index >= 15 is 0 Å². The van der Waals surface area contributed by atoms with E-state index in [0.717, 1.165) is 17.7 Å². The summed E-state index contributed by atoms with van der Waals surface area (Å²) in [5, 5.41) is 7.75. The molecular formula is C23H22F3N5O2. The summed E-state index contributed by atoms with van der Waals surface area (Å²) in [7, 11) is 0. The molecule has 0 saturated carbocycles. The van der Waals surface area contributed by atoms with Crippen molar-refractivity contribution >= 4 is 5.91 Å². The van der Waals surface area contributed by atoms with E-state index in [1.807, 2.05) is 0 Å². The number of H-pyrrole nitrogens is 1. The number of nitrogens with zero attached hydrogens (tertiary/aromatic N) is 4. The van der Waals surface area contributed by atoms with Crippen molar-refractivity contribution in [3.8, 4) is 11.4 Å². The van der Waals surface area contributed by atoms with Gasteiger partial charge in [-0.1, -0.05) is 12.1 Å². The van der Waals surface area contributed by atoms with Crippen LogP contribution in [0, 0.1) is 17.5 Å². The van der Waals surface area contributed by atoms with E-state index < -0.39 is 17.2 Å². The zero-order chi connectivity index (χ0) is 23.4. The summed E-state index contributed by atoms with van der Waals surface area (Å²) in [6.07, 6.45) is 0.231. The fourth-order valence-electron chi connectivity index (χ4n) is 3.68. The minimum absolute atomic E-state index is 0.0197. The number of carbonyl (C=O) groups excluding carboxylic acids is 1. The SMILES string of the molecule is O=C(CCc1nnc(-c2ccc(F)c(F)c2)[nH]c1=O)N1CCN(Cc2ccc(F)cc2)CC1. The molecule has 10 heteroatoms. The van der Waals surface area contributed by atoms with Crippen LogP contribution in [0.1, 0.15) is 17.7 Å². The van der Waals surface area contributed by atoms with Gasteiger partial charge < -0.3 is 9.88 Å². The van der Waals surface area contributed by atoms with Crippen LogP contribution in [0.3, 0.4) is 0 Å². The predicted molar refractivity (Wildman–Crippen MR) is 115 cm³/mol. The molecule has 0 unspecified atom stereocenters. The molecule has 172 valence electrons. The maximum absolute atomic E-state index is 13.4. The predicted octanol–water partition coefficient (Wildman–Crippen LogP) is 2.53. The highest BCUT2D eigenvalue weighted by Gasteiger charge is 2.21. The second-order valence-electron chi connectivity index (χ2n) is 7.86. The van der Waals surface area contributed by atoms with Crippen LogP contribution in [0.25, 0.3) is 11.4 Å². The number of rotatable bonds is 6. The van der Waals surface area contributed by atoms with Crippen LogP contribution in [0.4, 0.5) is 13.2 Å². The molecule has 0 aliphatic carbocycles. The quantitative estimate of drug-likeness (QED) is 0.615. The van der Waals surface area contributed by atoms with E-state index in [-0.39, 0.29) is 41.6 Å². The summed E-state index contributed by atoms with van der Waals surface area (Å²) in [5.74, 6) is -2.38. The first kappa shape index (κ1) is 22.7. The molecule has 0 atom stereocenters. The Bertz CT molecular complexity index is 1190. The van der Waals surface area contributed by atoms with Gasteiger partial charge in [-0.05, 0) is 35.9 Å². The maximum atomic E-state index is 13.4.